The van der Waals surface area contributed by atoms with Gasteiger partial charge in [0.1, 0.15) is 22.7 Å². The molecule has 1 aliphatic rings. The van der Waals surface area contributed by atoms with Gasteiger partial charge >= 0.3 is 5.97 Å². The molecule has 16 N–H and O–H groups in total. The number of hydrogen-bond donors (Lipinski definition) is 9. The number of aliphatic carboxylic acids is 1. The Morgan fingerprint density at radius 3 is 1.72 bits per heavy atom. The van der Waals surface area contributed by atoms with Crippen molar-refractivity contribution in [1.82, 2.24) is 0 Å². The molecule has 0 saturated heterocycles. The summed E-state index contributed by atoms with van der Waals surface area (Å²) in [6, 6.07) is 0. The van der Waals surface area contributed by atoms with E-state index in [1.54, 1.807) is 0 Å². The van der Waals surface area contributed by atoms with E-state index in [1.165, 1.54) is 0 Å². The molecule has 0 saturated carbocycles. The summed E-state index contributed by atoms with van der Waals surface area (Å²) in [5.41, 5.74) is 30.3. The van der Waals surface area contributed by atoms with Gasteiger partial charge in [0.15, 0.2) is 5.66 Å². The van der Waals surface area contributed by atoms with Gasteiger partial charge in [-0.25, -0.2) is 4.79 Å². The third-order valence-electron chi connectivity index (χ3n) is 3.59. The van der Waals surface area contributed by atoms with E-state index < -0.39 is 39.8 Å². The number of hydrogen-bond acceptors (Lipinski definition) is 9. The number of nitrogens with two attached hydrogens (primary N) is 7. The second-order valence-electron chi connectivity index (χ2n) is 4.84. The summed E-state index contributed by atoms with van der Waals surface area (Å²) in [4.78, 5) is 11.2. The zero-order valence-corrected chi connectivity index (χ0v) is 9.84. The zero-order chi connectivity index (χ0) is 14.7. The fourth-order valence-corrected chi connectivity index (χ4v) is 1.95. The molecule has 0 aromatic carbocycles. The van der Waals surface area contributed by atoms with E-state index in [1.807, 2.05) is 0 Å². The first-order chi connectivity index (χ1) is 7.73. The third kappa shape index (κ3) is 1.33. The molecule has 1 rings (SSSR count). The molecule has 0 aromatic rings. The van der Waals surface area contributed by atoms with Crippen molar-refractivity contribution in [2.24, 2.45) is 40.1 Å². The monoisotopic (exact) mass is 261 g/mol. The summed E-state index contributed by atoms with van der Waals surface area (Å²) in [5.74, 6) is -2.54. The summed E-state index contributed by atoms with van der Waals surface area (Å²) in [6.45, 7) is 1.16. The summed E-state index contributed by atoms with van der Waals surface area (Å²) >= 11 is 0. The fourth-order valence-electron chi connectivity index (χ4n) is 1.95. The van der Waals surface area contributed by atoms with Crippen molar-refractivity contribution in [3.63, 3.8) is 0 Å². The largest absolute Gasteiger partial charge is 0.508 e. The lowest BCUT2D eigenvalue weighted by Crippen LogP contribution is -2.97. The van der Waals surface area contributed by atoms with Crippen LogP contribution in [0.5, 0.6) is 0 Å². The Morgan fingerprint density at radius 1 is 1.00 bits per heavy atom. The van der Waals surface area contributed by atoms with E-state index in [4.69, 9.17) is 45.2 Å². The van der Waals surface area contributed by atoms with Crippen molar-refractivity contribution in [3.05, 3.63) is 11.3 Å². The first-order valence-electron chi connectivity index (χ1n) is 4.92. The molecule has 10 heteroatoms. The molecule has 10 nitrogen and oxygen atoms in total. The average Bonchev–Trinajstić information content (AvgIpc) is 2.14. The minimum Gasteiger partial charge on any atom is -0.508 e. The van der Waals surface area contributed by atoms with Crippen molar-refractivity contribution >= 4 is 5.97 Å². The molecule has 0 fully saturated rings. The van der Waals surface area contributed by atoms with Crippen LogP contribution in [0, 0.1) is 0 Å². The number of carboxylic acids is 1. The summed E-state index contributed by atoms with van der Waals surface area (Å²) in [5, 5.41) is 18.9. The van der Waals surface area contributed by atoms with Crippen LogP contribution in [0.1, 0.15) is 6.92 Å². The number of carbonyl (C=O) groups is 1. The molecule has 0 aliphatic heterocycles. The second-order valence-corrected chi connectivity index (χ2v) is 4.84. The molecule has 0 amide bonds. The highest BCUT2D eigenvalue weighted by Gasteiger charge is 2.68. The van der Waals surface area contributed by atoms with Gasteiger partial charge in [0, 0.05) is 0 Å². The summed E-state index contributed by atoms with van der Waals surface area (Å²) in [6.07, 6.45) is 0. The third-order valence-corrected chi connectivity index (χ3v) is 3.59. The van der Waals surface area contributed by atoms with Gasteiger partial charge in [0.25, 0.3) is 0 Å². The number of aliphatic hydroxyl groups excluding tert-OH is 1. The van der Waals surface area contributed by atoms with Crippen molar-refractivity contribution < 1.29 is 15.0 Å². The minimum atomic E-state index is -2.34. The molecule has 1 unspecified atom stereocenters. The Balaban J connectivity index is 3.79. The number of aliphatic hydroxyl groups is 1. The summed E-state index contributed by atoms with van der Waals surface area (Å²) in [7, 11) is 0. The molecule has 0 bridgehead atoms. The van der Waals surface area contributed by atoms with E-state index >= 15 is 0 Å². The summed E-state index contributed by atoms with van der Waals surface area (Å²) < 4.78 is 0. The van der Waals surface area contributed by atoms with Crippen molar-refractivity contribution in [2.75, 3.05) is 0 Å². The molecular weight excluding hydrogens is 242 g/mol. The molecule has 0 spiro atoms. The normalized spacial score (nSPS) is 33.3. The van der Waals surface area contributed by atoms with Crippen LogP contribution in [0.3, 0.4) is 0 Å². The molecule has 0 heterocycles. The maximum absolute atomic E-state index is 11.2. The molecule has 0 aromatic heterocycles. The first-order valence-corrected chi connectivity index (χ1v) is 4.92. The lowest BCUT2D eigenvalue weighted by atomic mass is 9.63. The highest BCUT2D eigenvalue weighted by Crippen LogP contribution is 2.39. The lowest BCUT2D eigenvalue weighted by Gasteiger charge is -2.58. The van der Waals surface area contributed by atoms with Gasteiger partial charge in [0.05, 0.1) is 5.54 Å². The SMILES string of the molecule is CC1(N)C(C(=O)O)=C(O)C(N)(N)C(N)(N)C1(N)N. The predicted octanol–water partition coefficient (Wildman–Crippen LogP) is -4.54. The van der Waals surface area contributed by atoms with E-state index in [2.05, 4.69) is 0 Å². The first kappa shape index (κ1) is 14.8. The van der Waals surface area contributed by atoms with Gasteiger partial charge in [0.2, 0.25) is 0 Å². The Kier molecular flexibility index (Phi) is 2.79. The van der Waals surface area contributed by atoms with Crippen LogP contribution >= 0.6 is 0 Å². The molecule has 18 heavy (non-hydrogen) atoms. The van der Waals surface area contributed by atoms with Crippen LogP contribution in [0.4, 0.5) is 0 Å². The minimum absolute atomic E-state index is 0.732. The Morgan fingerprint density at radius 2 is 1.39 bits per heavy atom. The van der Waals surface area contributed by atoms with Gasteiger partial charge in [-0.1, -0.05) is 0 Å². The average molecular weight is 261 g/mol. The number of rotatable bonds is 1. The smallest absolute Gasteiger partial charge is 0.337 e. The topological polar surface area (TPSA) is 240 Å². The van der Waals surface area contributed by atoms with Crippen LogP contribution in [0.15, 0.2) is 11.3 Å². The predicted molar refractivity (Wildman–Crippen MR) is 63.2 cm³/mol. The quantitative estimate of drug-likeness (QED) is 0.204. The van der Waals surface area contributed by atoms with Gasteiger partial charge < -0.3 is 50.3 Å². The van der Waals surface area contributed by atoms with E-state index in [0.29, 0.717) is 0 Å². The van der Waals surface area contributed by atoms with Gasteiger partial charge in [-0.15, -0.1) is 0 Å². The van der Waals surface area contributed by atoms with Crippen LogP contribution in [0.25, 0.3) is 0 Å². The molecule has 1 aliphatic carbocycles. The van der Waals surface area contributed by atoms with Gasteiger partial charge in [-0.05, 0) is 6.92 Å². The van der Waals surface area contributed by atoms with E-state index in [-0.39, 0.29) is 0 Å². The van der Waals surface area contributed by atoms with E-state index in [9.17, 15) is 9.90 Å². The molecular formula is C8H19N7O3. The van der Waals surface area contributed by atoms with Crippen molar-refractivity contribution in [2.45, 2.75) is 29.5 Å². The van der Waals surface area contributed by atoms with Crippen molar-refractivity contribution in [1.29, 1.82) is 0 Å². The molecule has 104 valence electrons. The van der Waals surface area contributed by atoms with Crippen LogP contribution in [0.2, 0.25) is 0 Å². The second kappa shape index (κ2) is 3.39. The highest BCUT2D eigenvalue weighted by atomic mass is 16.4. The highest BCUT2D eigenvalue weighted by molar-refractivity contribution is 5.91. The van der Waals surface area contributed by atoms with Gasteiger partial charge in [-0.3, -0.25) is 0 Å². The van der Waals surface area contributed by atoms with E-state index in [0.717, 1.165) is 6.92 Å². The lowest BCUT2D eigenvalue weighted by molar-refractivity contribution is -0.135. The Labute approximate surface area is 103 Å². The van der Waals surface area contributed by atoms with Crippen LogP contribution in [-0.4, -0.2) is 38.7 Å². The maximum Gasteiger partial charge on any atom is 0.337 e. The Hall–Kier alpha value is -1.27. The van der Waals surface area contributed by atoms with Gasteiger partial charge in [-0.2, -0.15) is 0 Å². The maximum atomic E-state index is 11.2. The van der Waals surface area contributed by atoms with Crippen molar-refractivity contribution in [3.8, 4) is 0 Å². The molecule has 1 atom stereocenters. The standard InChI is InChI=1S/C8H19N7O3/c1-5(9)2(4(17)18)3(16)6(10,11)8(14,15)7(5,12)13/h16H,9-15H2,1H3,(H,17,18). The zero-order valence-electron chi connectivity index (χ0n) is 9.84. The number of carboxylic acid groups (broad SMARTS) is 1. The Bertz CT molecular complexity index is 438. The molecule has 0 radical (unpaired) electrons. The fraction of sp³-hybridized carbons (Fsp3) is 0.625. The van der Waals surface area contributed by atoms with Crippen LogP contribution < -0.4 is 40.1 Å². The van der Waals surface area contributed by atoms with Crippen LogP contribution in [-0.2, 0) is 4.79 Å².